The minimum atomic E-state index is -0.940. The number of hydrogen-bond donors (Lipinski definition) is 3. The maximum atomic E-state index is 13.1. The first-order chi connectivity index (χ1) is 22.1. The summed E-state index contributed by atoms with van der Waals surface area (Å²) < 4.78 is 23.0. The van der Waals surface area contributed by atoms with Gasteiger partial charge in [-0.2, -0.15) is 0 Å². The smallest absolute Gasteiger partial charge is 0.338 e. The number of β-amino-alcohol motifs (C(OH)–C–C–N with tert-alkyl or cyclic N) is 1. The third-order valence-electron chi connectivity index (χ3n) is 7.21. The van der Waals surface area contributed by atoms with Gasteiger partial charge in [0.2, 0.25) is 5.91 Å². The molecule has 0 aliphatic carbocycles. The minimum Gasteiger partial charge on any atom is -0.485 e. The van der Waals surface area contributed by atoms with Crippen LogP contribution in [0.5, 0.6) is 11.5 Å². The van der Waals surface area contributed by atoms with E-state index in [1.165, 1.54) is 6.42 Å². The van der Waals surface area contributed by atoms with Gasteiger partial charge in [-0.1, -0.05) is 80.9 Å². The van der Waals surface area contributed by atoms with Crippen LogP contribution in [-0.4, -0.2) is 61.5 Å². The lowest BCUT2D eigenvalue weighted by molar-refractivity contribution is -0.125. The van der Waals surface area contributed by atoms with Crippen molar-refractivity contribution in [3.63, 3.8) is 0 Å². The van der Waals surface area contributed by atoms with Crippen molar-refractivity contribution in [2.45, 2.75) is 72.3 Å². The molecule has 1 amide bonds. The van der Waals surface area contributed by atoms with E-state index < -0.39 is 17.6 Å². The van der Waals surface area contributed by atoms with Crippen LogP contribution in [0, 0.1) is 12.8 Å². The molecule has 4 rings (SSSR count). The number of carbonyl (C=O) groups is 2. The molecule has 3 aromatic rings. The van der Waals surface area contributed by atoms with Crippen molar-refractivity contribution in [2.24, 2.45) is 5.92 Å². The molecule has 0 aromatic heterocycles. The molecule has 9 nitrogen and oxygen atoms in total. The van der Waals surface area contributed by atoms with Crippen LogP contribution in [0.15, 0.2) is 72.8 Å². The van der Waals surface area contributed by atoms with Crippen molar-refractivity contribution in [1.29, 1.82) is 0 Å². The Morgan fingerprint density at radius 2 is 1.52 bits per heavy atom. The van der Waals surface area contributed by atoms with Crippen LogP contribution in [-0.2, 0) is 27.5 Å². The van der Waals surface area contributed by atoms with E-state index in [4.69, 9.17) is 18.9 Å². The lowest BCUT2D eigenvalue weighted by Crippen LogP contribution is -2.52. The Kier molecular flexibility index (Phi) is 15.0. The Bertz CT molecular complexity index is 1340. The molecule has 0 bridgehead atoms. The standard InChI is InChI=1S/C34H42N2O7.C3H8/c1-24-16-30(41-19-25-10-6-4-7-11-25)31(42-20-26-12-8-5-9-13-26)17-29(24)33(39)43-22-28(37)18-36-34(2,3)23-35-32(38)27-14-15-40-21-27;1-3-2/h4-13,16-17,27-28,36-37H,14-15,18-23H2,1-3H3,(H,35,38);3H2,1-2H3. The number of benzene rings is 3. The third kappa shape index (κ3) is 12.5. The molecule has 1 fully saturated rings. The van der Waals surface area contributed by atoms with Gasteiger partial charge in [0, 0.05) is 25.2 Å². The fourth-order valence-corrected chi connectivity index (χ4v) is 4.54. The maximum Gasteiger partial charge on any atom is 0.338 e. The van der Waals surface area contributed by atoms with Crippen molar-refractivity contribution < 1.29 is 33.6 Å². The molecule has 0 radical (unpaired) electrons. The van der Waals surface area contributed by atoms with Crippen LogP contribution < -0.4 is 20.1 Å². The van der Waals surface area contributed by atoms with E-state index in [9.17, 15) is 14.7 Å². The second kappa shape index (κ2) is 18.9. The molecule has 0 spiro atoms. The minimum absolute atomic E-state index is 0.0270. The van der Waals surface area contributed by atoms with Gasteiger partial charge in [0.25, 0.3) is 0 Å². The second-order valence-corrected chi connectivity index (χ2v) is 12.2. The number of ether oxygens (including phenoxy) is 4. The quantitative estimate of drug-likeness (QED) is 0.185. The zero-order chi connectivity index (χ0) is 33.4. The average molecular weight is 635 g/mol. The zero-order valence-electron chi connectivity index (χ0n) is 27.8. The number of aliphatic hydroxyl groups excluding tert-OH is 1. The highest BCUT2D eigenvalue weighted by Gasteiger charge is 2.26. The molecular formula is C37H50N2O7. The monoisotopic (exact) mass is 634 g/mol. The van der Waals surface area contributed by atoms with Crippen molar-refractivity contribution in [3.05, 3.63) is 95.1 Å². The van der Waals surface area contributed by atoms with Crippen LogP contribution in [0.1, 0.15) is 67.6 Å². The van der Waals surface area contributed by atoms with Crippen molar-refractivity contribution >= 4 is 11.9 Å². The van der Waals surface area contributed by atoms with E-state index in [-0.39, 0.29) is 25.0 Å². The van der Waals surface area contributed by atoms with Gasteiger partial charge >= 0.3 is 5.97 Å². The molecule has 2 unspecified atom stereocenters. The molecule has 1 saturated heterocycles. The normalized spacial score (nSPS) is 14.9. The Labute approximate surface area is 273 Å². The molecule has 1 heterocycles. The van der Waals surface area contributed by atoms with Gasteiger partial charge in [0.15, 0.2) is 11.5 Å². The number of esters is 1. The van der Waals surface area contributed by atoms with Crippen LogP contribution in [0.2, 0.25) is 0 Å². The van der Waals surface area contributed by atoms with Crippen molar-refractivity contribution in [2.75, 3.05) is 32.9 Å². The van der Waals surface area contributed by atoms with Gasteiger partial charge in [-0.3, -0.25) is 4.79 Å². The Hall–Kier alpha value is -3.92. The number of hydrogen-bond acceptors (Lipinski definition) is 8. The van der Waals surface area contributed by atoms with E-state index in [2.05, 4.69) is 24.5 Å². The summed E-state index contributed by atoms with van der Waals surface area (Å²) in [6.07, 6.45) is 1.04. The molecular weight excluding hydrogens is 584 g/mol. The third-order valence-corrected chi connectivity index (χ3v) is 7.21. The SMILES string of the molecule is CCC.Cc1cc(OCc2ccccc2)c(OCc2ccccc2)cc1C(=O)OCC(O)CNC(C)(C)CNC(=O)C1CCOC1. The predicted octanol–water partition coefficient (Wildman–Crippen LogP) is 5.61. The number of aryl methyl sites for hydroxylation is 1. The van der Waals surface area contributed by atoms with Crippen LogP contribution in [0.25, 0.3) is 0 Å². The number of nitrogens with one attached hydrogen (secondary N) is 2. The van der Waals surface area contributed by atoms with Crippen LogP contribution >= 0.6 is 0 Å². The Morgan fingerprint density at radius 1 is 0.957 bits per heavy atom. The fourth-order valence-electron chi connectivity index (χ4n) is 4.54. The van der Waals surface area contributed by atoms with E-state index in [0.29, 0.717) is 55.6 Å². The highest BCUT2D eigenvalue weighted by molar-refractivity contribution is 5.92. The summed E-state index contributed by atoms with van der Waals surface area (Å²) in [7, 11) is 0. The molecule has 1 aliphatic rings. The summed E-state index contributed by atoms with van der Waals surface area (Å²) >= 11 is 0. The Morgan fingerprint density at radius 3 is 2.07 bits per heavy atom. The first-order valence-corrected chi connectivity index (χ1v) is 16.1. The van der Waals surface area contributed by atoms with Crippen LogP contribution in [0.3, 0.4) is 0 Å². The van der Waals surface area contributed by atoms with Crippen molar-refractivity contribution in [3.8, 4) is 11.5 Å². The van der Waals surface area contributed by atoms with Gasteiger partial charge in [0.1, 0.15) is 25.9 Å². The lowest BCUT2D eigenvalue weighted by Gasteiger charge is -2.28. The molecule has 1 aliphatic heterocycles. The predicted molar refractivity (Wildman–Crippen MR) is 179 cm³/mol. The molecule has 46 heavy (non-hydrogen) atoms. The molecule has 2 atom stereocenters. The van der Waals surface area contributed by atoms with Gasteiger partial charge in [0.05, 0.1) is 18.1 Å². The summed E-state index contributed by atoms with van der Waals surface area (Å²) in [6.45, 7) is 12.0. The number of carbonyl (C=O) groups excluding carboxylic acids is 2. The zero-order valence-corrected chi connectivity index (χ0v) is 27.8. The van der Waals surface area contributed by atoms with Crippen LogP contribution in [0.4, 0.5) is 0 Å². The van der Waals surface area contributed by atoms with Gasteiger partial charge in [-0.05, 0) is 56.0 Å². The molecule has 250 valence electrons. The van der Waals surface area contributed by atoms with Crippen molar-refractivity contribution in [1.82, 2.24) is 10.6 Å². The number of amides is 1. The molecule has 9 heteroatoms. The topological polar surface area (TPSA) is 115 Å². The molecule has 3 N–H and O–H groups in total. The van der Waals surface area contributed by atoms with Gasteiger partial charge in [-0.15, -0.1) is 0 Å². The fraction of sp³-hybridized carbons (Fsp3) is 0.459. The first kappa shape index (κ1) is 36.5. The summed E-state index contributed by atoms with van der Waals surface area (Å²) in [5.41, 5.74) is 2.50. The Balaban J connectivity index is 0.00000185. The summed E-state index contributed by atoms with van der Waals surface area (Å²) in [5, 5.41) is 16.7. The number of aliphatic hydroxyl groups is 1. The van der Waals surface area contributed by atoms with E-state index >= 15 is 0 Å². The first-order valence-electron chi connectivity index (χ1n) is 16.1. The van der Waals surface area contributed by atoms with Gasteiger partial charge < -0.3 is 34.7 Å². The lowest BCUT2D eigenvalue weighted by atomic mass is 10.0. The summed E-state index contributed by atoms with van der Waals surface area (Å²) in [6, 6.07) is 22.9. The van der Waals surface area contributed by atoms with Gasteiger partial charge in [-0.25, -0.2) is 4.79 Å². The van der Waals surface area contributed by atoms with E-state index in [0.717, 1.165) is 17.5 Å². The second-order valence-electron chi connectivity index (χ2n) is 12.2. The highest BCUT2D eigenvalue weighted by Crippen LogP contribution is 2.33. The van der Waals surface area contributed by atoms with E-state index in [1.807, 2.05) is 74.5 Å². The molecule has 3 aromatic carbocycles. The molecule has 0 saturated carbocycles. The largest absolute Gasteiger partial charge is 0.485 e. The number of rotatable bonds is 15. The average Bonchev–Trinajstić information content (AvgIpc) is 3.61. The van der Waals surface area contributed by atoms with E-state index in [1.54, 1.807) is 19.1 Å². The highest BCUT2D eigenvalue weighted by atomic mass is 16.5. The maximum absolute atomic E-state index is 13.1. The summed E-state index contributed by atoms with van der Waals surface area (Å²) in [5.74, 6) is 0.236. The summed E-state index contributed by atoms with van der Waals surface area (Å²) in [4.78, 5) is 25.4.